The first-order valence-electron chi connectivity index (χ1n) is 6.11. The predicted octanol–water partition coefficient (Wildman–Crippen LogP) is 1.17. The molecule has 0 saturated carbocycles. The van der Waals surface area contributed by atoms with Crippen molar-refractivity contribution in [2.45, 2.75) is 13.0 Å². The molecule has 1 aromatic heterocycles. The summed E-state index contributed by atoms with van der Waals surface area (Å²) >= 11 is 0. The van der Waals surface area contributed by atoms with E-state index in [0.717, 1.165) is 12.0 Å². The molecule has 0 aliphatic carbocycles. The van der Waals surface area contributed by atoms with Gasteiger partial charge in [0.15, 0.2) is 18.1 Å². The Hall–Kier alpha value is -2.28. The van der Waals surface area contributed by atoms with E-state index >= 15 is 0 Å². The summed E-state index contributed by atoms with van der Waals surface area (Å²) in [5.41, 5.74) is 6.59. The summed E-state index contributed by atoms with van der Waals surface area (Å²) in [7, 11) is 3.14. The maximum Gasteiger partial charge on any atom is 0.213 e. The van der Waals surface area contributed by atoms with Crippen molar-refractivity contribution in [3.05, 3.63) is 29.9 Å². The average Bonchev–Trinajstić information content (AvgIpc) is 2.98. The van der Waals surface area contributed by atoms with Crippen molar-refractivity contribution in [3.63, 3.8) is 0 Å². The maximum absolute atomic E-state index is 5.66. The summed E-state index contributed by atoms with van der Waals surface area (Å²) in [4.78, 5) is 3.89. The first kappa shape index (κ1) is 14.1. The van der Waals surface area contributed by atoms with Crippen LogP contribution in [0.5, 0.6) is 17.2 Å². The van der Waals surface area contributed by atoms with Crippen LogP contribution in [-0.2, 0) is 13.0 Å². The van der Waals surface area contributed by atoms with Crippen molar-refractivity contribution in [3.8, 4) is 17.2 Å². The second-order valence-electron chi connectivity index (χ2n) is 4.00. The fourth-order valence-electron chi connectivity index (χ4n) is 1.78. The fourth-order valence-corrected chi connectivity index (χ4v) is 1.78. The van der Waals surface area contributed by atoms with Gasteiger partial charge in [-0.25, -0.2) is 0 Å². The van der Waals surface area contributed by atoms with Gasteiger partial charge in [0.25, 0.3) is 0 Å². The average molecular weight is 279 g/mol. The molecule has 20 heavy (non-hydrogen) atoms. The van der Waals surface area contributed by atoms with Gasteiger partial charge < -0.3 is 24.5 Å². The highest BCUT2D eigenvalue weighted by molar-refractivity contribution is 5.54. The van der Waals surface area contributed by atoms with Crippen LogP contribution in [0.25, 0.3) is 0 Å². The second-order valence-corrected chi connectivity index (χ2v) is 4.00. The number of hydrogen-bond donors (Lipinski definition) is 1. The lowest BCUT2D eigenvalue weighted by atomic mass is 10.1. The molecule has 2 aromatic rings. The summed E-state index contributed by atoms with van der Waals surface area (Å²) in [5, 5.41) is 3.68. The number of hydrogen-bond acceptors (Lipinski definition) is 7. The van der Waals surface area contributed by atoms with E-state index in [1.165, 1.54) is 6.39 Å². The van der Waals surface area contributed by atoms with E-state index < -0.39 is 0 Å². The van der Waals surface area contributed by atoms with E-state index in [4.69, 9.17) is 19.9 Å². The Kier molecular flexibility index (Phi) is 4.78. The molecule has 0 unspecified atom stereocenters. The number of aromatic nitrogens is 2. The van der Waals surface area contributed by atoms with Crippen LogP contribution in [0.15, 0.2) is 23.0 Å². The van der Waals surface area contributed by atoms with Crippen LogP contribution in [0.2, 0.25) is 0 Å². The Morgan fingerprint density at radius 3 is 2.40 bits per heavy atom. The van der Waals surface area contributed by atoms with Crippen molar-refractivity contribution in [1.82, 2.24) is 10.1 Å². The van der Waals surface area contributed by atoms with Gasteiger partial charge in [-0.1, -0.05) is 5.16 Å². The van der Waals surface area contributed by atoms with E-state index in [1.54, 1.807) is 14.2 Å². The summed E-state index contributed by atoms with van der Waals surface area (Å²) < 4.78 is 21.0. The minimum absolute atomic E-state index is 0.166. The third-order valence-electron chi connectivity index (χ3n) is 2.71. The van der Waals surface area contributed by atoms with Gasteiger partial charge in [-0.2, -0.15) is 4.98 Å². The lowest BCUT2D eigenvalue weighted by Crippen LogP contribution is -2.05. The van der Waals surface area contributed by atoms with Gasteiger partial charge in [0, 0.05) is 0 Å². The van der Waals surface area contributed by atoms with Crippen LogP contribution >= 0.6 is 0 Å². The van der Waals surface area contributed by atoms with Crippen molar-refractivity contribution >= 4 is 0 Å². The fraction of sp³-hybridized carbons (Fsp3) is 0.385. The van der Waals surface area contributed by atoms with E-state index in [0.29, 0.717) is 29.6 Å². The molecule has 1 heterocycles. The topological polar surface area (TPSA) is 92.6 Å². The molecule has 7 nitrogen and oxygen atoms in total. The van der Waals surface area contributed by atoms with Gasteiger partial charge in [-0.05, 0) is 30.7 Å². The quantitative estimate of drug-likeness (QED) is 0.813. The predicted molar refractivity (Wildman–Crippen MR) is 70.9 cm³/mol. The molecule has 0 atom stereocenters. The molecule has 0 amide bonds. The Morgan fingerprint density at radius 1 is 1.20 bits per heavy atom. The summed E-state index contributed by atoms with van der Waals surface area (Å²) in [6, 6.07) is 3.75. The molecule has 0 aliphatic heterocycles. The van der Waals surface area contributed by atoms with Crippen LogP contribution in [0, 0.1) is 0 Å². The zero-order valence-corrected chi connectivity index (χ0v) is 11.5. The van der Waals surface area contributed by atoms with Crippen molar-refractivity contribution in [1.29, 1.82) is 0 Å². The van der Waals surface area contributed by atoms with Crippen LogP contribution in [0.3, 0.4) is 0 Å². The molecule has 0 spiro atoms. The van der Waals surface area contributed by atoms with Gasteiger partial charge in [-0.3, -0.25) is 0 Å². The molecule has 2 N–H and O–H groups in total. The molecule has 0 aliphatic rings. The highest BCUT2D eigenvalue weighted by Crippen LogP contribution is 2.39. The van der Waals surface area contributed by atoms with E-state index in [2.05, 4.69) is 14.7 Å². The van der Waals surface area contributed by atoms with Gasteiger partial charge in [0.1, 0.15) is 0 Å². The minimum Gasteiger partial charge on any atom is -0.493 e. The Morgan fingerprint density at radius 2 is 1.90 bits per heavy atom. The molecule has 0 radical (unpaired) electrons. The lowest BCUT2D eigenvalue weighted by molar-refractivity contribution is 0.254. The number of benzene rings is 1. The first-order chi connectivity index (χ1) is 9.78. The van der Waals surface area contributed by atoms with Gasteiger partial charge in [-0.15, -0.1) is 0 Å². The zero-order valence-electron chi connectivity index (χ0n) is 11.5. The van der Waals surface area contributed by atoms with Gasteiger partial charge >= 0.3 is 0 Å². The Labute approximate surface area is 116 Å². The standard InChI is InChI=1S/C13H17N3O4/c1-17-10-5-9(3-4-14)6-11(18-2)13(10)19-7-12-15-8-20-16-12/h5-6,8H,3-4,7,14H2,1-2H3. The third-order valence-corrected chi connectivity index (χ3v) is 2.71. The number of nitrogens with two attached hydrogens (primary N) is 1. The van der Waals surface area contributed by atoms with Crippen LogP contribution in [0.1, 0.15) is 11.4 Å². The van der Waals surface area contributed by atoms with Crippen molar-refractivity contribution in [2.75, 3.05) is 20.8 Å². The normalized spacial score (nSPS) is 10.3. The number of rotatable bonds is 7. The SMILES string of the molecule is COc1cc(CCN)cc(OC)c1OCc1ncon1. The van der Waals surface area contributed by atoms with Gasteiger partial charge in [0.2, 0.25) is 18.0 Å². The summed E-state index contributed by atoms with van der Waals surface area (Å²) in [5.74, 6) is 2.10. The van der Waals surface area contributed by atoms with E-state index in [1.807, 2.05) is 12.1 Å². The Balaban J connectivity index is 2.24. The monoisotopic (exact) mass is 279 g/mol. The molecule has 0 fully saturated rings. The number of ether oxygens (including phenoxy) is 3. The van der Waals surface area contributed by atoms with E-state index in [9.17, 15) is 0 Å². The highest BCUT2D eigenvalue weighted by Gasteiger charge is 2.15. The van der Waals surface area contributed by atoms with Crippen molar-refractivity contribution < 1.29 is 18.7 Å². The molecular weight excluding hydrogens is 262 g/mol. The number of nitrogens with zero attached hydrogens (tertiary/aromatic N) is 2. The van der Waals surface area contributed by atoms with Crippen LogP contribution < -0.4 is 19.9 Å². The minimum atomic E-state index is 0.166. The zero-order chi connectivity index (χ0) is 14.4. The van der Waals surface area contributed by atoms with Crippen molar-refractivity contribution in [2.24, 2.45) is 5.73 Å². The maximum atomic E-state index is 5.66. The molecule has 108 valence electrons. The van der Waals surface area contributed by atoms with Crippen LogP contribution in [0.4, 0.5) is 0 Å². The second kappa shape index (κ2) is 6.76. The molecule has 0 saturated heterocycles. The summed E-state index contributed by atoms with van der Waals surface area (Å²) in [6.45, 7) is 0.717. The van der Waals surface area contributed by atoms with Crippen LogP contribution in [-0.4, -0.2) is 30.9 Å². The lowest BCUT2D eigenvalue weighted by Gasteiger charge is -2.15. The smallest absolute Gasteiger partial charge is 0.213 e. The largest absolute Gasteiger partial charge is 0.493 e. The van der Waals surface area contributed by atoms with Gasteiger partial charge in [0.05, 0.1) is 14.2 Å². The molecule has 2 rings (SSSR count). The molecule has 0 bridgehead atoms. The summed E-state index contributed by atoms with van der Waals surface area (Å²) in [6.07, 6.45) is 1.98. The molecule has 7 heteroatoms. The first-order valence-corrected chi connectivity index (χ1v) is 6.11. The highest BCUT2D eigenvalue weighted by atomic mass is 16.5. The third kappa shape index (κ3) is 3.18. The molecular formula is C13H17N3O4. The Bertz CT molecular complexity index is 518. The van der Waals surface area contributed by atoms with E-state index in [-0.39, 0.29) is 6.61 Å². The molecule has 1 aromatic carbocycles. The number of methoxy groups -OCH3 is 2.